The van der Waals surface area contributed by atoms with Crippen LogP contribution in [0.2, 0.25) is 0 Å². The van der Waals surface area contributed by atoms with Gasteiger partial charge >= 0.3 is 5.97 Å². The first-order valence-electron chi connectivity index (χ1n) is 7.16. The molecule has 0 saturated heterocycles. The van der Waals surface area contributed by atoms with Crippen molar-refractivity contribution in [1.29, 1.82) is 0 Å². The van der Waals surface area contributed by atoms with Crippen molar-refractivity contribution in [3.8, 4) is 16.3 Å². The molecule has 4 nitrogen and oxygen atoms in total. The lowest BCUT2D eigenvalue weighted by Crippen LogP contribution is -2.06. The molecule has 0 radical (unpaired) electrons. The Labute approximate surface area is 150 Å². The molecule has 0 aromatic carbocycles. The largest absolute Gasteiger partial charge is 0.455 e. The van der Waals surface area contributed by atoms with Crippen LogP contribution in [0.3, 0.4) is 0 Å². The van der Waals surface area contributed by atoms with Crippen LogP contribution < -0.4 is 0 Å². The number of rotatable bonds is 5. The summed E-state index contributed by atoms with van der Waals surface area (Å²) in [6.07, 6.45) is 3.82. The lowest BCUT2D eigenvalue weighted by atomic mass is 10.3. The minimum absolute atomic E-state index is 0.183. The molecule has 0 aliphatic rings. The number of aromatic nitrogens is 2. The molecule has 0 saturated carbocycles. The maximum Gasteiger partial charge on any atom is 0.350 e. The Bertz CT molecular complexity index is 936. The second-order valence-corrected chi connectivity index (χ2v) is 7.51. The molecule has 120 valence electrons. The molecule has 4 aromatic heterocycles. The SMILES string of the molecule is O=C(OCc1csc(-c2ccsc2)n1)c1sccc1-n1cccc1. The van der Waals surface area contributed by atoms with Gasteiger partial charge in [0.15, 0.2) is 0 Å². The second kappa shape index (κ2) is 6.72. The van der Waals surface area contributed by atoms with E-state index in [2.05, 4.69) is 10.4 Å². The molecule has 0 N–H and O–H groups in total. The summed E-state index contributed by atoms with van der Waals surface area (Å²) in [4.78, 5) is 17.5. The number of ether oxygens (including phenoxy) is 1. The highest BCUT2D eigenvalue weighted by molar-refractivity contribution is 7.14. The first-order valence-corrected chi connectivity index (χ1v) is 9.86. The van der Waals surface area contributed by atoms with Gasteiger partial charge in [-0.25, -0.2) is 9.78 Å². The Morgan fingerprint density at radius 3 is 2.79 bits per heavy atom. The van der Waals surface area contributed by atoms with Gasteiger partial charge in [0, 0.05) is 28.7 Å². The number of thiazole rings is 1. The first kappa shape index (κ1) is 15.3. The van der Waals surface area contributed by atoms with Crippen LogP contribution in [0.25, 0.3) is 16.3 Å². The predicted molar refractivity (Wildman–Crippen MR) is 98.2 cm³/mol. The Balaban J connectivity index is 1.45. The molecule has 0 fully saturated rings. The third-order valence-corrected chi connectivity index (χ3v) is 5.89. The van der Waals surface area contributed by atoms with Gasteiger partial charge in [0.25, 0.3) is 0 Å². The summed E-state index contributed by atoms with van der Waals surface area (Å²) in [6, 6.07) is 7.80. The Kier molecular flexibility index (Phi) is 4.29. The van der Waals surface area contributed by atoms with Gasteiger partial charge in [-0.1, -0.05) is 0 Å². The third kappa shape index (κ3) is 3.06. The van der Waals surface area contributed by atoms with E-state index in [1.807, 2.05) is 57.4 Å². The summed E-state index contributed by atoms with van der Waals surface area (Å²) in [7, 11) is 0. The van der Waals surface area contributed by atoms with Gasteiger partial charge in [-0.15, -0.1) is 22.7 Å². The molecule has 0 atom stereocenters. The van der Waals surface area contributed by atoms with Gasteiger partial charge in [0.05, 0.1) is 11.4 Å². The quantitative estimate of drug-likeness (QED) is 0.459. The number of carbonyl (C=O) groups excluding carboxylic acids is 1. The summed E-state index contributed by atoms with van der Waals surface area (Å²) < 4.78 is 7.35. The van der Waals surface area contributed by atoms with E-state index in [9.17, 15) is 4.79 Å². The maximum absolute atomic E-state index is 12.4. The molecule has 0 spiro atoms. The number of thiophene rings is 2. The fourth-order valence-corrected chi connectivity index (χ4v) is 4.55. The summed E-state index contributed by atoms with van der Waals surface area (Å²) in [5.41, 5.74) is 2.72. The Morgan fingerprint density at radius 2 is 2.00 bits per heavy atom. The van der Waals surface area contributed by atoms with E-state index in [4.69, 9.17) is 4.74 Å². The molecular weight excluding hydrogens is 360 g/mol. The minimum Gasteiger partial charge on any atom is -0.455 e. The molecule has 0 bridgehead atoms. The Hall–Kier alpha value is -2.22. The third-order valence-electron chi connectivity index (χ3n) is 3.38. The average Bonchev–Trinajstić information content (AvgIpc) is 3.40. The topological polar surface area (TPSA) is 44.1 Å². The van der Waals surface area contributed by atoms with Crippen LogP contribution in [-0.2, 0) is 11.3 Å². The van der Waals surface area contributed by atoms with Gasteiger partial charge < -0.3 is 9.30 Å². The second-order valence-electron chi connectivity index (χ2n) is 4.96. The molecule has 0 amide bonds. The van der Waals surface area contributed by atoms with Crippen LogP contribution >= 0.6 is 34.0 Å². The van der Waals surface area contributed by atoms with Crippen molar-refractivity contribution in [3.05, 3.63) is 68.8 Å². The van der Waals surface area contributed by atoms with E-state index in [1.54, 1.807) is 22.7 Å². The maximum atomic E-state index is 12.4. The molecule has 4 aromatic rings. The van der Waals surface area contributed by atoms with Gasteiger partial charge in [-0.3, -0.25) is 0 Å². The fraction of sp³-hybridized carbons (Fsp3) is 0.0588. The molecule has 24 heavy (non-hydrogen) atoms. The van der Waals surface area contributed by atoms with Crippen molar-refractivity contribution < 1.29 is 9.53 Å². The fourth-order valence-electron chi connectivity index (χ4n) is 2.25. The van der Waals surface area contributed by atoms with Crippen LogP contribution in [0.15, 0.2) is 58.2 Å². The van der Waals surface area contributed by atoms with Crippen LogP contribution in [0.1, 0.15) is 15.4 Å². The Morgan fingerprint density at radius 1 is 1.12 bits per heavy atom. The van der Waals surface area contributed by atoms with E-state index < -0.39 is 0 Å². The van der Waals surface area contributed by atoms with Crippen molar-refractivity contribution in [2.45, 2.75) is 6.61 Å². The zero-order valence-electron chi connectivity index (χ0n) is 12.4. The lowest BCUT2D eigenvalue weighted by Gasteiger charge is -2.05. The van der Waals surface area contributed by atoms with E-state index in [1.165, 1.54) is 11.3 Å². The van der Waals surface area contributed by atoms with Crippen molar-refractivity contribution in [2.75, 3.05) is 0 Å². The van der Waals surface area contributed by atoms with Crippen molar-refractivity contribution >= 4 is 40.0 Å². The predicted octanol–water partition coefficient (Wildman–Crippen LogP) is 5.08. The van der Waals surface area contributed by atoms with Gasteiger partial charge in [-0.2, -0.15) is 11.3 Å². The highest BCUT2D eigenvalue weighted by Crippen LogP contribution is 2.27. The molecule has 4 rings (SSSR count). The summed E-state index contributed by atoms with van der Waals surface area (Å²) >= 11 is 4.58. The van der Waals surface area contributed by atoms with Gasteiger partial charge in [-0.05, 0) is 35.0 Å². The number of esters is 1. The number of hydrogen-bond donors (Lipinski definition) is 0. The van der Waals surface area contributed by atoms with E-state index >= 15 is 0 Å². The zero-order chi connectivity index (χ0) is 16.4. The summed E-state index contributed by atoms with van der Waals surface area (Å²) in [6.45, 7) is 0.183. The van der Waals surface area contributed by atoms with E-state index in [0.717, 1.165) is 22.0 Å². The van der Waals surface area contributed by atoms with Crippen LogP contribution in [0.4, 0.5) is 0 Å². The van der Waals surface area contributed by atoms with Gasteiger partial charge in [0.1, 0.15) is 16.5 Å². The minimum atomic E-state index is -0.321. The molecular formula is C17H12N2O2S3. The standard InChI is InChI=1S/C17H12N2O2S3/c20-17(15-14(4-8-23-15)19-5-1-2-6-19)21-9-13-11-24-16(18-13)12-3-7-22-10-12/h1-8,10-11H,9H2. The normalized spacial score (nSPS) is 10.8. The van der Waals surface area contributed by atoms with Gasteiger partial charge in [0.2, 0.25) is 0 Å². The molecule has 7 heteroatoms. The highest BCUT2D eigenvalue weighted by atomic mass is 32.1. The zero-order valence-corrected chi connectivity index (χ0v) is 14.9. The average molecular weight is 372 g/mol. The van der Waals surface area contributed by atoms with Crippen molar-refractivity contribution in [3.63, 3.8) is 0 Å². The number of carbonyl (C=O) groups is 1. The summed E-state index contributed by atoms with van der Waals surface area (Å²) in [5.74, 6) is -0.321. The number of nitrogens with zero attached hydrogens (tertiary/aromatic N) is 2. The first-order chi connectivity index (χ1) is 11.8. The number of hydrogen-bond acceptors (Lipinski definition) is 6. The molecule has 4 heterocycles. The molecule has 0 aliphatic carbocycles. The highest BCUT2D eigenvalue weighted by Gasteiger charge is 2.16. The van der Waals surface area contributed by atoms with E-state index in [-0.39, 0.29) is 12.6 Å². The summed E-state index contributed by atoms with van der Waals surface area (Å²) in [5, 5.41) is 8.86. The monoisotopic (exact) mass is 372 g/mol. The van der Waals surface area contributed by atoms with E-state index in [0.29, 0.717) is 4.88 Å². The van der Waals surface area contributed by atoms with Crippen molar-refractivity contribution in [1.82, 2.24) is 9.55 Å². The molecule has 0 aliphatic heterocycles. The lowest BCUT2D eigenvalue weighted by molar-refractivity contribution is 0.0474. The smallest absolute Gasteiger partial charge is 0.350 e. The molecule has 0 unspecified atom stereocenters. The van der Waals surface area contributed by atoms with Crippen LogP contribution in [0.5, 0.6) is 0 Å². The van der Waals surface area contributed by atoms with Crippen LogP contribution in [-0.4, -0.2) is 15.5 Å². The van der Waals surface area contributed by atoms with Crippen molar-refractivity contribution in [2.24, 2.45) is 0 Å². The van der Waals surface area contributed by atoms with Crippen LogP contribution in [0, 0.1) is 0 Å².